The summed E-state index contributed by atoms with van der Waals surface area (Å²) in [5, 5.41) is 2.89. The van der Waals surface area contributed by atoms with Gasteiger partial charge in [-0.2, -0.15) is 0 Å². The van der Waals surface area contributed by atoms with Crippen LogP contribution in [0, 0.1) is 5.92 Å². The van der Waals surface area contributed by atoms with E-state index in [1.165, 1.54) is 6.92 Å². The van der Waals surface area contributed by atoms with Gasteiger partial charge in [-0.3, -0.25) is 14.4 Å². The van der Waals surface area contributed by atoms with Crippen LogP contribution in [0.5, 0.6) is 11.5 Å². The Labute approximate surface area is 162 Å². The number of hydrogen-bond donors (Lipinski definition) is 1. The van der Waals surface area contributed by atoms with Gasteiger partial charge in [-0.1, -0.05) is 6.07 Å². The first kappa shape index (κ1) is 18.0. The molecule has 0 saturated carbocycles. The minimum Gasteiger partial charge on any atom is -0.454 e. The number of ketones is 1. The molecule has 1 unspecified atom stereocenters. The molecule has 1 N–H and O–H groups in total. The van der Waals surface area contributed by atoms with Crippen molar-refractivity contribution < 1.29 is 23.9 Å². The van der Waals surface area contributed by atoms with Crippen LogP contribution in [0.3, 0.4) is 0 Å². The van der Waals surface area contributed by atoms with E-state index >= 15 is 0 Å². The fourth-order valence-corrected chi connectivity index (χ4v) is 3.39. The molecule has 2 amide bonds. The second kappa shape index (κ2) is 7.34. The van der Waals surface area contributed by atoms with Crippen LogP contribution in [0.1, 0.15) is 29.3 Å². The highest BCUT2D eigenvalue weighted by Crippen LogP contribution is 2.32. The summed E-state index contributed by atoms with van der Waals surface area (Å²) < 4.78 is 10.6. The zero-order valence-corrected chi connectivity index (χ0v) is 15.4. The maximum atomic E-state index is 12.5. The highest BCUT2D eigenvalue weighted by molar-refractivity contribution is 6.01. The summed E-state index contributed by atoms with van der Waals surface area (Å²) in [7, 11) is 0. The average Bonchev–Trinajstić information content (AvgIpc) is 3.32. The summed E-state index contributed by atoms with van der Waals surface area (Å²) in [6.45, 7) is 2.38. The Kier molecular flexibility index (Phi) is 4.73. The lowest BCUT2D eigenvalue weighted by molar-refractivity contribution is -0.126. The van der Waals surface area contributed by atoms with Crippen LogP contribution in [-0.4, -0.2) is 30.9 Å². The van der Waals surface area contributed by atoms with E-state index in [9.17, 15) is 14.4 Å². The molecule has 0 radical (unpaired) electrons. The zero-order valence-electron chi connectivity index (χ0n) is 15.4. The number of fused-ring (bicyclic) bond motifs is 1. The van der Waals surface area contributed by atoms with Crippen molar-refractivity contribution in [3.8, 4) is 11.5 Å². The molecule has 2 aliphatic rings. The number of anilines is 1. The normalized spacial score (nSPS) is 17.7. The van der Waals surface area contributed by atoms with Crippen LogP contribution in [0.15, 0.2) is 42.5 Å². The SMILES string of the molecule is CC(=O)c1ccc(N2CC(C(=O)NCc3ccc4c(c3)OCO4)CC2=O)cc1. The Morgan fingerprint density at radius 1 is 1.11 bits per heavy atom. The first-order chi connectivity index (χ1) is 13.5. The molecule has 1 atom stereocenters. The standard InChI is InChI=1S/C21H20N2O5/c1-13(24)15-3-5-17(6-4-15)23-11-16(9-20(23)25)21(26)22-10-14-2-7-18-19(8-14)28-12-27-18/h2-8,16H,9-12H2,1H3,(H,22,26). The number of benzene rings is 2. The van der Waals surface area contributed by atoms with Crippen molar-refractivity contribution >= 4 is 23.3 Å². The van der Waals surface area contributed by atoms with E-state index in [0.29, 0.717) is 35.8 Å². The minimum absolute atomic E-state index is 0.0277. The molecule has 4 rings (SSSR count). The van der Waals surface area contributed by atoms with Crippen LogP contribution in [-0.2, 0) is 16.1 Å². The van der Waals surface area contributed by atoms with E-state index in [1.54, 1.807) is 29.2 Å². The third-order valence-corrected chi connectivity index (χ3v) is 4.99. The third-order valence-electron chi connectivity index (χ3n) is 4.99. The predicted molar refractivity (Wildman–Crippen MR) is 101 cm³/mol. The van der Waals surface area contributed by atoms with Gasteiger partial charge in [0.05, 0.1) is 5.92 Å². The number of ether oxygens (including phenoxy) is 2. The molecule has 144 valence electrons. The molecule has 7 heteroatoms. The molecule has 2 aromatic carbocycles. The lowest BCUT2D eigenvalue weighted by atomic mass is 10.1. The molecule has 7 nitrogen and oxygen atoms in total. The number of nitrogens with zero attached hydrogens (tertiary/aromatic N) is 1. The Morgan fingerprint density at radius 2 is 1.86 bits per heavy atom. The fourth-order valence-electron chi connectivity index (χ4n) is 3.39. The van der Waals surface area contributed by atoms with Crippen molar-refractivity contribution in [1.82, 2.24) is 5.32 Å². The molecular formula is C21H20N2O5. The molecule has 0 spiro atoms. The number of carbonyl (C=O) groups excluding carboxylic acids is 3. The van der Waals surface area contributed by atoms with Gasteiger partial charge in [0.25, 0.3) is 0 Å². The van der Waals surface area contributed by atoms with Gasteiger partial charge in [0, 0.05) is 30.8 Å². The molecule has 2 heterocycles. The number of nitrogens with one attached hydrogen (secondary N) is 1. The van der Waals surface area contributed by atoms with E-state index < -0.39 is 5.92 Å². The molecule has 2 aliphatic heterocycles. The van der Waals surface area contributed by atoms with Crippen molar-refractivity contribution in [2.24, 2.45) is 5.92 Å². The summed E-state index contributed by atoms with van der Waals surface area (Å²) in [5.41, 5.74) is 2.19. The number of carbonyl (C=O) groups is 3. The number of Topliss-reactive ketones (excluding diaryl/α,β-unsaturated/α-hetero) is 1. The minimum atomic E-state index is -0.408. The smallest absolute Gasteiger partial charge is 0.231 e. The maximum absolute atomic E-state index is 12.5. The van der Waals surface area contributed by atoms with Gasteiger partial charge < -0.3 is 19.7 Å². The first-order valence-corrected chi connectivity index (χ1v) is 9.09. The average molecular weight is 380 g/mol. The number of amides is 2. The van der Waals surface area contributed by atoms with Gasteiger partial charge >= 0.3 is 0 Å². The van der Waals surface area contributed by atoms with Crippen molar-refractivity contribution in [2.45, 2.75) is 19.9 Å². The largest absolute Gasteiger partial charge is 0.454 e. The monoisotopic (exact) mass is 380 g/mol. The highest BCUT2D eigenvalue weighted by atomic mass is 16.7. The second-order valence-electron chi connectivity index (χ2n) is 6.91. The van der Waals surface area contributed by atoms with Crippen LogP contribution < -0.4 is 19.7 Å². The van der Waals surface area contributed by atoms with Gasteiger partial charge in [-0.05, 0) is 48.9 Å². The predicted octanol–water partition coefficient (Wildman–Crippen LogP) is 2.29. The summed E-state index contributed by atoms with van der Waals surface area (Å²) >= 11 is 0. The Bertz CT molecular complexity index is 938. The fraction of sp³-hybridized carbons (Fsp3) is 0.286. The quantitative estimate of drug-likeness (QED) is 0.805. The summed E-state index contributed by atoms with van der Waals surface area (Å²) in [6, 6.07) is 12.4. The van der Waals surface area contributed by atoms with Crippen LogP contribution in [0.25, 0.3) is 0 Å². The summed E-state index contributed by atoms with van der Waals surface area (Å²) in [5.74, 6) is 0.674. The molecular weight excluding hydrogens is 360 g/mol. The van der Waals surface area contributed by atoms with Crippen LogP contribution in [0.2, 0.25) is 0 Å². The third kappa shape index (κ3) is 3.55. The topological polar surface area (TPSA) is 84.9 Å². The lowest BCUT2D eigenvalue weighted by Crippen LogP contribution is -2.32. The molecule has 28 heavy (non-hydrogen) atoms. The molecule has 0 aromatic heterocycles. The van der Waals surface area contributed by atoms with Gasteiger partial charge in [0.2, 0.25) is 18.6 Å². The molecule has 0 bridgehead atoms. The Balaban J connectivity index is 1.36. The molecule has 0 aliphatic carbocycles. The van der Waals surface area contributed by atoms with Gasteiger partial charge in [0.15, 0.2) is 17.3 Å². The maximum Gasteiger partial charge on any atom is 0.231 e. The first-order valence-electron chi connectivity index (χ1n) is 9.09. The van der Waals surface area contributed by atoms with Crippen molar-refractivity contribution in [3.05, 3.63) is 53.6 Å². The van der Waals surface area contributed by atoms with Crippen LogP contribution in [0.4, 0.5) is 5.69 Å². The van der Waals surface area contributed by atoms with E-state index in [2.05, 4.69) is 5.32 Å². The lowest BCUT2D eigenvalue weighted by Gasteiger charge is -2.17. The van der Waals surface area contributed by atoms with Crippen LogP contribution >= 0.6 is 0 Å². The van der Waals surface area contributed by atoms with Crippen molar-refractivity contribution in [3.63, 3.8) is 0 Å². The van der Waals surface area contributed by atoms with Crippen molar-refractivity contribution in [2.75, 3.05) is 18.2 Å². The van der Waals surface area contributed by atoms with E-state index in [-0.39, 0.29) is 30.8 Å². The van der Waals surface area contributed by atoms with Crippen molar-refractivity contribution in [1.29, 1.82) is 0 Å². The Hall–Kier alpha value is -3.35. The summed E-state index contributed by atoms with van der Waals surface area (Å²) in [6.07, 6.45) is 0.168. The second-order valence-corrected chi connectivity index (χ2v) is 6.91. The summed E-state index contributed by atoms with van der Waals surface area (Å²) in [4.78, 5) is 37.9. The van der Waals surface area contributed by atoms with Gasteiger partial charge in [0.1, 0.15) is 0 Å². The Morgan fingerprint density at radius 3 is 2.61 bits per heavy atom. The van der Waals surface area contributed by atoms with Gasteiger partial charge in [-0.25, -0.2) is 0 Å². The number of rotatable bonds is 5. The van der Waals surface area contributed by atoms with E-state index in [1.807, 2.05) is 18.2 Å². The van der Waals surface area contributed by atoms with E-state index in [0.717, 1.165) is 5.56 Å². The molecule has 1 saturated heterocycles. The zero-order chi connectivity index (χ0) is 19.7. The molecule has 1 fully saturated rings. The number of hydrogen-bond acceptors (Lipinski definition) is 5. The highest BCUT2D eigenvalue weighted by Gasteiger charge is 2.35. The van der Waals surface area contributed by atoms with E-state index in [4.69, 9.17) is 9.47 Å². The van der Waals surface area contributed by atoms with Gasteiger partial charge in [-0.15, -0.1) is 0 Å². The molecule has 2 aromatic rings.